The lowest BCUT2D eigenvalue weighted by Crippen LogP contribution is -2.48. The molecule has 0 bridgehead atoms. The molecule has 0 fully saturated rings. The third-order valence-corrected chi connectivity index (χ3v) is 5.77. The molecule has 20 heavy (non-hydrogen) atoms. The Balaban J connectivity index is 2.11. The van der Waals surface area contributed by atoms with E-state index < -0.39 is 5.54 Å². The van der Waals surface area contributed by atoms with Gasteiger partial charge in [-0.1, -0.05) is 20.3 Å². The number of hydrogen-bond acceptors (Lipinski definition) is 3. The molecule has 2 N–H and O–H groups in total. The van der Waals surface area contributed by atoms with Crippen LogP contribution in [0, 0.1) is 5.92 Å². The largest absolute Gasteiger partial charge is 0.394 e. The average Bonchev–Trinajstić information content (AvgIpc) is 2.90. The van der Waals surface area contributed by atoms with E-state index in [0.29, 0.717) is 0 Å². The van der Waals surface area contributed by atoms with Gasteiger partial charge in [-0.2, -0.15) is 0 Å². The number of carbonyl (C=O) groups excluding carboxylic acids is 1. The summed E-state index contributed by atoms with van der Waals surface area (Å²) in [6.45, 7) is 6.06. The van der Waals surface area contributed by atoms with Crippen LogP contribution in [0.15, 0.2) is 6.07 Å². The minimum absolute atomic E-state index is 0.0295. The molecule has 112 valence electrons. The van der Waals surface area contributed by atoms with Crippen LogP contribution < -0.4 is 5.32 Å². The fourth-order valence-corrected chi connectivity index (χ4v) is 3.74. The van der Waals surface area contributed by atoms with Gasteiger partial charge in [0, 0.05) is 4.88 Å². The summed E-state index contributed by atoms with van der Waals surface area (Å²) < 4.78 is 0. The van der Waals surface area contributed by atoms with Gasteiger partial charge in [0.05, 0.1) is 17.0 Å². The Morgan fingerprint density at radius 1 is 1.55 bits per heavy atom. The van der Waals surface area contributed by atoms with E-state index in [1.54, 1.807) is 11.3 Å². The van der Waals surface area contributed by atoms with Crippen molar-refractivity contribution in [3.8, 4) is 0 Å². The van der Waals surface area contributed by atoms with Gasteiger partial charge in [0.15, 0.2) is 0 Å². The molecule has 1 aliphatic rings. The van der Waals surface area contributed by atoms with Crippen LogP contribution >= 0.6 is 11.3 Å². The lowest BCUT2D eigenvalue weighted by molar-refractivity contribution is 0.0851. The zero-order valence-corrected chi connectivity index (χ0v) is 13.5. The summed E-state index contributed by atoms with van der Waals surface area (Å²) in [5, 5.41) is 12.4. The van der Waals surface area contributed by atoms with Crippen molar-refractivity contribution in [2.45, 2.75) is 58.4 Å². The lowest BCUT2D eigenvalue weighted by atomic mass is 9.87. The molecule has 0 saturated heterocycles. The van der Waals surface area contributed by atoms with Crippen LogP contribution in [0.4, 0.5) is 0 Å². The molecular weight excluding hydrogens is 270 g/mol. The highest BCUT2D eigenvalue weighted by Gasteiger charge is 2.26. The molecule has 1 aromatic rings. The van der Waals surface area contributed by atoms with Crippen molar-refractivity contribution >= 4 is 17.2 Å². The average molecular weight is 295 g/mol. The summed E-state index contributed by atoms with van der Waals surface area (Å²) in [5.74, 6) is 0.724. The highest BCUT2D eigenvalue weighted by molar-refractivity contribution is 7.14. The molecule has 1 aliphatic carbocycles. The molecule has 1 amide bonds. The van der Waals surface area contributed by atoms with Gasteiger partial charge >= 0.3 is 0 Å². The van der Waals surface area contributed by atoms with Crippen molar-refractivity contribution in [3.63, 3.8) is 0 Å². The molecule has 2 rings (SSSR count). The Bertz CT molecular complexity index is 477. The summed E-state index contributed by atoms with van der Waals surface area (Å²) in [6, 6.07) is 2.06. The summed E-state index contributed by atoms with van der Waals surface area (Å²) >= 11 is 1.62. The molecule has 4 heteroatoms. The number of aliphatic hydroxyl groups is 1. The molecule has 2 unspecified atom stereocenters. The van der Waals surface area contributed by atoms with Crippen molar-refractivity contribution < 1.29 is 9.90 Å². The second kappa shape index (κ2) is 6.27. The molecule has 0 saturated carbocycles. The number of nitrogens with one attached hydrogen (secondary N) is 1. The van der Waals surface area contributed by atoms with Crippen LogP contribution in [0.1, 0.15) is 60.1 Å². The van der Waals surface area contributed by atoms with Gasteiger partial charge < -0.3 is 10.4 Å². The third-order valence-electron chi connectivity index (χ3n) is 4.53. The van der Waals surface area contributed by atoms with E-state index in [0.717, 1.165) is 30.1 Å². The van der Waals surface area contributed by atoms with Crippen LogP contribution in [0.3, 0.4) is 0 Å². The first kappa shape index (κ1) is 15.5. The highest BCUT2D eigenvalue weighted by Crippen LogP contribution is 2.33. The molecule has 0 radical (unpaired) electrons. The standard InChI is InChI=1S/C16H25NO2S/c1-4-11-6-7-13-12(8-11)9-14(20-13)15(19)17-16(3,5-2)10-18/h9,11,18H,4-8,10H2,1-3H3,(H,17,19). The fourth-order valence-electron chi connectivity index (χ4n) is 2.63. The quantitative estimate of drug-likeness (QED) is 0.876. The number of aliphatic hydroxyl groups excluding tert-OH is 1. The fraction of sp³-hybridized carbons (Fsp3) is 0.688. The van der Waals surface area contributed by atoms with E-state index in [1.807, 2.05) is 13.8 Å². The van der Waals surface area contributed by atoms with Gasteiger partial charge in [-0.05, 0) is 50.2 Å². The predicted molar refractivity (Wildman–Crippen MR) is 83.4 cm³/mol. The van der Waals surface area contributed by atoms with Crippen molar-refractivity contribution in [2.24, 2.45) is 5.92 Å². The lowest BCUT2D eigenvalue weighted by Gasteiger charge is -2.26. The molecule has 0 spiro atoms. The molecule has 2 atom stereocenters. The van der Waals surface area contributed by atoms with Crippen LogP contribution in [0.5, 0.6) is 0 Å². The van der Waals surface area contributed by atoms with Gasteiger partial charge in [0.25, 0.3) is 5.91 Å². The number of amides is 1. The van der Waals surface area contributed by atoms with Gasteiger partial charge in [0.2, 0.25) is 0 Å². The van der Waals surface area contributed by atoms with Crippen molar-refractivity contribution in [3.05, 3.63) is 21.4 Å². The Kier molecular flexibility index (Phi) is 4.86. The summed E-state index contributed by atoms with van der Waals surface area (Å²) in [4.78, 5) is 14.5. The van der Waals surface area contributed by atoms with Crippen molar-refractivity contribution in [1.29, 1.82) is 0 Å². The Morgan fingerprint density at radius 3 is 2.90 bits per heavy atom. The monoisotopic (exact) mass is 295 g/mol. The van der Waals surface area contributed by atoms with E-state index >= 15 is 0 Å². The summed E-state index contributed by atoms with van der Waals surface area (Å²) in [6.07, 6.45) is 5.40. The molecule has 0 aliphatic heterocycles. The minimum atomic E-state index is -0.520. The van der Waals surface area contributed by atoms with E-state index in [2.05, 4.69) is 18.3 Å². The predicted octanol–water partition coefficient (Wildman–Crippen LogP) is 3.15. The highest BCUT2D eigenvalue weighted by atomic mass is 32.1. The number of hydrogen-bond donors (Lipinski definition) is 2. The van der Waals surface area contributed by atoms with E-state index in [1.165, 1.54) is 23.3 Å². The maximum Gasteiger partial charge on any atom is 0.261 e. The number of thiophene rings is 1. The normalized spacial score (nSPS) is 21.1. The topological polar surface area (TPSA) is 49.3 Å². The van der Waals surface area contributed by atoms with Crippen molar-refractivity contribution in [2.75, 3.05) is 6.61 Å². The molecule has 3 nitrogen and oxygen atoms in total. The van der Waals surface area contributed by atoms with Gasteiger partial charge in [-0.3, -0.25) is 4.79 Å². The maximum absolute atomic E-state index is 12.3. The number of carbonyl (C=O) groups is 1. The Morgan fingerprint density at radius 2 is 2.30 bits per heavy atom. The summed E-state index contributed by atoms with van der Waals surface area (Å²) in [7, 11) is 0. The second-order valence-corrected chi connectivity index (χ2v) is 7.24. The first-order chi connectivity index (χ1) is 9.51. The molecule has 1 heterocycles. The zero-order valence-electron chi connectivity index (χ0n) is 12.7. The number of rotatable bonds is 5. The Hall–Kier alpha value is -0.870. The van der Waals surface area contributed by atoms with Crippen LogP contribution in [0.2, 0.25) is 0 Å². The van der Waals surface area contributed by atoms with Crippen LogP contribution in [-0.2, 0) is 12.8 Å². The number of fused-ring (bicyclic) bond motifs is 1. The molecule has 1 aromatic heterocycles. The third kappa shape index (κ3) is 3.23. The SMILES string of the molecule is CCC1CCc2sc(C(=O)NC(C)(CC)CO)cc2C1. The first-order valence-corrected chi connectivity index (χ1v) is 8.38. The van der Waals surface area contributed by atoms with Gasteiger partial charge in [0.1, 0.15) is 0 Å². The second-order valence-electron chi connectivity index (χ2n) is 6.10. The van der Waals surface area contributed by atoms with Gasteiger partial charge in [-0.15, -0.1) is 11.3 Å². The van der Waals surface area contributed by atoms with E-state index in [-0.39, 0.29) is 12.5 Å². The molecular formula is C16H25NO2S. The van der Waals surface area contributed by atoms with Crippen LogP contribution in [-0.4, -0.2) is 23.2 Å². The van der Waals surface area contributed by atoms with Gasteiger partial charge in [-0.25, -0.2) is 0 Å². The smallest absolute Gasteiger partial charge is 0.261 e. The molecule has 0 aromatic carbocycles. The maximum atomic E-state index is 12.3. The minimum Gasteiger partial charge on any atom is -0.394 e. The number of aryl methyl sites for hydroxylation is 1. The first-order valence-electron chi connectivity index (χ1n) is 7.56. The van der Waals surface area contributed by atoms with Crippen molar-refractivity contribution in [1.82, 2.24) is 5.32 Å². The van der Waals surface area contributed by atoms with E-state index in [4.69, 9.17) is 0 Å². The Labute approximate surface area is 125 Å². The van der Waals surface area contributed by atoms with E-state index in [9.17, 15) is 9.90 Å². The van der Waals surface area contributed by atoms with Crippen LogP contribution in [0.25, 0.3) is 0 Å². The summed E-state index contributed by atoms with van der Waals surface area (Å²) in [5.41, 5.74) is 0.841. The zero-order chi connectivity index (χ0) is 14.8.